The molecule has 0 aliphatic carbocycles. The number of hydrogen-bond acceptors (Lipinski definition) is 3. The Morgan fingerprint density at radius 3 is 2.78 bits per heavy atom. The zero-order chi connectivity index (χ0) is 13.4. The highest BCUT2D eigenvalue weighted by Gasteiger charge is 2.18. The van der Waals surface area contributed by atoms with Crippen LogP contribution in [0.25, 0.3) is 10.9 Å². The largest absolute Gasteiger partial charge is 0.465 e. The second-order valence-electron chi connectivity index (χ2n) is 3.76. The van der Waals surface area contributed by atoms with E-state index in [1.165, 1.54) is 6.20 Å². The van der Waals surface area contributed by atoms with Crippen molar-refractivity contribution >= 4 is 32.8 Å². The average Bonchev–Trinajstić information content (AvgIpc) is 2.35. The van der Waals surface area contributed by atoms with E-state index in [1.807, 2.05) is 0 Å². The van der Waals surface area contributed by atoms with E-state index in [0.29, 0.717) is 11.1 Å². The monoisotopic (exact) mass is 313 g/mol. The van der Waals surface area contributed by atoms with Crippen LogP contribution < -0.4 is 5.43 Å². The third kappa shape index (κ3) is 1.82. The number of fused-ring (bicyclic) bond motifs is 1. The number of carbonyl (C=O) groups excluding carboxylic acids is 1. The van der Waals surface area contributed by atoms with Crippen LogP contribution in [0.1, 0.15) is 15.9 Å². The molecular formula is C12H9BrFNO3. The molecule has 0 atom stereocenters. The Kier molecular flexibility index (Phi) is 3.21. The minimum atomic E-state index is -0.796. The van der Waals surface area contributed by atoms with Crippen molar-refractivity contribution in [2.24, 2.45) is 0 Å². The molecule has 0 fully saturated rings. The number of carbonyl (C=O) groups is 1. The van der Waals surface area contributed by atoms with Crippen LogP contribution in [0.2, 0.25) is 0 Å². The van der Waals surface area contributed by atoms with Crippen molar-refractivity contribution in [2.75, 3.05) is 7.11 Å². The summed E-state index contributed by atoms with van der Waals surface area (Å²) in [6.07, 6.45) is 1.23. The summed E-state index contributed by atoms with van der Waals surface area (Å²) in [4.78, 5) is 26.2. The van der Waals surface area contributed by atoms with Gasteiger partial charge in [0.05, 0.1) is 22.5 Å². The lowest BCUT2D eigenvalue weighted by Gasteiger charge is -2.07. The number of nitrogens with one attached hydrogen (secondary N) is 1. The topological polar surface area (TPSA) is 59.2 Å². The van der Waals surface area contributed by atoms with Crippen LogP contribution in [0.5, 0.6) is 0 Å². The maximum Gasteiger partial charge on any atom is 0.343 e. The van der Waals surface area contributed by atoms with E-state index < -0.39 is 17.2 Å². The van der Waals surface area contributed by atoms with Gasteiger partial charge >= 0.3 is 5.97 Å². The molecule has 2 rings (SSSR count). The SMILES string of the molecule is COC(=O)c1c[nH]c2c(C)cc(Br)c(F)c2c1=O. The summed E-state index contributed by atoms with van der Waals surface area (Å²) in [5.74, 6) is -1.49. The lowest BCUT2D eigenvalue weighted by molar-refractivity contribution is 0.0599. The number of esters is 1. The van der Waals surface area contributed by atoms with Crippen LogP contribution >= 0.6 is 15.9 Å². The fourth-order valence-corrected chi connectivity index (χ4v) is 2.30. The molecule has 1 aromatic carbocycles. The Morgan fingerprint density at radius 1 is 1.50 bits per heavy atom. The Bertz CT molecular complexity index is 709. The first-order chi connectivity index (χ1) is 8.47. The van der Waals surface area contributed by atoms with E-state index in [4.69, 9.17) is 0 Å². The summed E-state index contributed by atoms with van der Waals surface area (Å²) >= 11 is 3.04. The van der Waals surface area contributed by atoms with E-state index in [1.54, 1.807) is 13.0 Å². The number of pyridine rings is 1. The van der Waals surface area contributed by atoms with E-state index >= 15 is 0 Å². The summed E-state index contributed by atoms with van der Waals surface area (Å²) in [5.41, 5.74) is 0.166. The second-order valence-corrected chi connectivity index (χ2v) is 4.62. The number of aromatic amines is 1. The van der Waals surface area contributed by atoms with Gasteiger partial charge in [-0.1, -0.05) is 0 Å². The molecule has 0 bridgehead atoms. The molecule has 94 valence electrons. The lowest BCUT2D eigenvalue weighted by Crippen LogP contribution is -2.18. The van der Waals surface area contributed by atoms with Crippen LogP contribution in [0.15, 0.2) is 21.5 Å². The molecule has 0 aliphatic heterocycles. The van der Waals surface area contributed by atoms with E-state index in [0.717, 1.165) is 7.11 Å². The minimum absolute atomic E-state index is 0.148. The highest BCUT2D eigenvalue weighted by molar-refractivity contribution is 9.10. The molecule has 0 radical (unpaired) electrons. The summed E-state index contributed by atoms with van der Waals surface area (Å²) in [5, 5.41) is -0.148. The molecular weight excluding hydrogens is 305 g/mol. The minimum Gasteiger partial charge on any atom is -0.465 e. The van der Waals surface area contributed by atoms with Gasteiger partial charge in [-0.3, -0.25) is 4.79 Å². The third-order valence-electron chi connectivity index (χ3n) is 2.65. The standard InChI is InChI=1S/C12H9BrFNO3/c1-5-3-7(13)9(14)8-10(5)15-4-6(11(8)16)12(17)18-2/h3-4H,1-2H3,(H,15,16). The van der Waals surface area contributed by atoms with Gasteiger partial charge in [-0.05, 0) is 34.5 Å². The number of benzene rings is 1. The van der Waals surface area contributed by atoms with Crippen molar-refractivity contribution in [3.63, 3.8) is 0 Å². The van der Waals surface area contributed by atoms with Gasteiger partial charge in [-0.2, -0.15) is 0 Å². The zero-order valence-corrected chi connectivity index (χ0v) is 11.2. The summed E-state index contributed by atoms with van der Waals surface area (Å²) in [7, 11) is 1.16. The number of hydrogen-bond donors (Lipinski definition) is 1. The summed E-state index contributed by atoms with van der Waals surface area (Å²) in [6.45, 7) is 1.74. The van der Waals surface area contributed by atoms with Crippen molar-refractivity contribution in [1.82, 2.24) is 4.98 Å². The number of H-pyrrole nitrogens is 1. The van der Waals surface area contributed by atoms with Crippen LogP contribution in [-0.4, -0.2) is 18.1 Å². The van der Waals surface area contributed by atoms with Gasteiger partial charge in [-0.25, -0.2) is 9.18 Å². The van der Waals surface area contributed by atoms with Crippen molar-refractivity contribution in [1.29, 1.82) is 0 Å². The summed E-state index contributed by atoms with van der Waals surface area (Å²) in [6, 6.07) is 1.56. The molecule has 0 aliphatic rings. The highest BCUT2D eigenvalue weighted by Crippen LogP contribution is 2.25. The maximum atomic E-state index is 14.0. The van der Waals surface area contributed by atoms with Gasteiger partial charge < -0.3 is 9.72 Å². The van der Waals surface area contributed by atoms with Gasteiger partial charge in [0.2, 0.25) is 5.43 Å². The first-order valence-corrected chi connectivity index (χ1v) is 5.85. The molecule has 0 saturated carbocycles. The van der Waals surface area contributed by atoms with Crippen LogP contribution in [0.3, 0.4) is 0 Å². The Balaban J connectivity index is 2.94. The molecule has 1 N–H and O–H groups in total. The first-order valence-electron chi connectivity index (χ1n) is 5.05. The number of methoxy groups -OCH3 is 1. The Morgan fingerprint density at radius 2 is 2.17 bits per heavy atom. The first kappa shape index (κ1) is 12.8. The van der Waals surface area contributed by atoms with Gasteiger partial charge in [0.15, 0.2) is 5.82 Å². The molecule has 0 spiro atoms. The Hall–Kier alpha value is -1.69. The number of aromatic nitrogens is 1. The fourth-order valence-electron chi connectivity index (χ4n) is 1.76. The number of halogens is 2. The molecule has 6 heteroatoms. The van der Waals surface area contributed by atoms with Gasteiger partial charge in [-0.15, -0.1) is 0 Å². The van der Waals surface area contributed by atoms with Crippen molar-refractivity contribution in [2.45, 2.75) is 6.92 Å². The predicted octanol–water partition coefficient (Wildman–Crippen LogP) is 2.52. The van der Waals surface area contributed by atoms with E-state index in [9.17, 15) is 14.0 Å². The van der Waals surface area contributed by atoms with Gasteiger partial charge in [0.25, 0.3) is 0 Å². The van der Waals surface area contributed by atoms with Crippen LogP contribution in [-0.2, 0) is 4.74 Å². The molecule has 0 amide bonds. The van der Waals surface area contributed by atoms with E-state index in [-0.39, 0.29) is 15.4 Å². The van der Waals surface area contributed by atoms with Crippen molar-refractivity contribution in [3.05, 3.63) is 43.9 Å². The number of ether oxygens (including phenoxy) is 1. The molecule has 2 aromatic rings. The molecule has 1 aromatic heterocycles. The predicted molar refractivity (Wildman–Crippen MR) is 68.3 cm³/mol. The van der Waals surface area contributed by atoms with E-state index in [2.05, 4.69) is 25.7 Å². The molecule has 18 heavy (non-hydrogen) atoms. The maximum absolute atomic E-state index is 14.0. The molecule has 4 nitrogen and oxygen atoms in total. The second kappa shape index (κ2) is 4.53. The van der Waals surface area contributed by atoms with Crippen LogP contribution in [0.4, 0.5) is 4.39 Å². The average molecular weight is 314 g/mol. The third-order valence-corrected chi connectivity index (χ3v) is 3.23. The smallest absolute Gasteiger partial charge is 0.343 e. The lowest BCUT2D eigenvalue weighted by atomic mass is 10.1. The molecule has 0 saturated heterocycles. The van der Waals surface area contributed by atoms with Gasteiger partial charge in [0, 0.05) is 6.20 Å². The van der Waals surface area contributed by atoms with Crippen molar-refractivity contribution in [3.8, 4) is 0 Å². The van der Waals surface area contributed by atoms with Crippen LogP contribution in [0, 0.1) is 12.7 Å². The number of rotatable bonds is 1. The van der Waals surface area contributed by atoms with Gasteiger partial charge in [0.1, 0.15) is 5.56 Å². The molecule has 0 unspecified atom stereocenters. The normalized spacial score (nSPS) is 10.7. The molecule has 1 heterocycles. The quantitative estimate of drug-likeness (QED) is 0.823. The Labute approximate surface area is 110 Å². The van der Waals surface area contributed by atoms with Crippen molar-refractivity contribution < 1.29 is 13.9 Å². The summed E-state index contributed by atoms with van der Waals surface area (Å²) < 4.78 is 18.6. The zero-order valence-electron chi connectivity index (χ0n) is 9.64. The number of aryl methyl sites for hydroxylation is 1. The fraction of sp³-hybridized carbons (Fsp3) is 0.167. The highest BCUT2D eigenvalue weighted by atomic mass is 79.9.